The smallest absolute Gasteiger partial charge is 0.252 e. The van der Waals surface area contributed by atoms with Gasteiger partial charge in [-0.15, -0.1) is 0 Å². The molecule has 5 heteroatoms. The average Bonchev–Trinajstić information content (AvgIpc) is 3.06. The number of rotatable bonds is 3. The number of hydrogen-bond acceptors (Lipinski definition) is 2. The van der Waals surface area contributed by atoms with Crippen molar-refractivity contribution >= 4 is 39.3 Å². The molecule has 0 aromatic carbocycles. The van der Waals surface area contributed by atoms with Crippen LogP contribution in [0.3, 0.4) is 0 Å². The predicted octanol–water partition coefficient (Wildman–Crippen LogP) is 3.40. The Labute approximate surface area is 107 Å². The van der Waals surface area contributed by atoms with Crippen molar-refractivity contribution in [1.82, 2.24) is 4.98 Å². The maximum atomic E-state index is 11.7. The molecule has 1 aliphatic carbocycles. The number of nitrogens with one attached hydrogen (secondary N) is 1. The van der Waals surface area contributed by atoms with Gasteiger partial charge < -0.3 is 5.32 Å². The second-order valence-electron chi connectivity index (χ2n) is 3.72. The van der Waals surface area contributed by atoms with E-state index < -0.39 is 0 Å². The second-order valence-corrected chi connectivity index (χ2v) is 4.94. The molecule has 0 aliphatic heterocycles. The number of amides is 1. The molecule has 0 atom stereocenters. The second kappa shape index (κ2) is 4.55. The SMILES string of the molecule is C=C(C(=O)Nc1ccc(Br)c(Cl)n1)C1CC1. The molecule has 1 saturated carbocycles. The van der Waals surface area contributed by atoms with Crippen molar-refractivity contribution in [1.29, 1.82) is 0 Å². The van der Waals surface area contributed by atoms with Gasteiger partial charge in [-0.1, -0.05) is 18.2 Å². The van der Waals surface area contributed by atoms with Crippen molar-refractivity contribution in [3.8, 4) is 0 Å². The monoisotopic (exact) mass is 300 g/mol. The summed E-state index contributed by atoms with van der Waals surface area (Å²) in [5, 5.41) is 3.00. The maximum absolute atomic E-state index is 11.7. The highest BCUT2D eigenvalue weighted by molar-refractivity contribution is 9.10. The van der Waals surface area contributed by atoms with Gasteiger partial charge in [-0.25, -0.2) is 4.98 Å². The van der Waals surface area contributed by atoms with E-state index in [0.29, 0.717) is 26.9 Å². The summed E-state index contributed by atoms with van der Waals surface area (Å²) in [7, 11) is 0. The van der Waals surface area contributed by atoms with Crippen LogP contribution in [0.4, 0.5) is 5.82 Å². The van der Waals surface area contributed by atoms with E-state index in [1.807, 2.05) is 0 Å². The van der Waals surface area contributed by atoms with E-state index in [1.54, 1.807) is 12.1 Å². The van der Waals surface area contributed by atoms with Crippen molar-refractivity contribution < 1.29 is 4.79 Å². The third-order valence-electron chi connectivity index (χ3n) is 2.41. The van der Waals surface area contributed by atoms with Crippen LogP contribution in [-0.2, 0) is 4.79 Å². The van der Waals surface area contributed by atoms with Crippen LogP contribution in [0.2, 0.25) is 5.15 Å². The van der Waals surface area contributed by atoms with Gasteiger partial charge in [-0.3, -0.25) is 4.79 Å². The van der Waals surface area contributed by atoms with Gasteiger partial charge >= 0.3 is 0 Å². The minimum Gasteiger partial charge on any atom is -0.307 e. The Morgan fingerprint density at radius 2 is 2.25 bits per heavy atom. The molecule has 1 aromatic rings. The normalized spacial score (nSPS) is 14.6. The van der Waals surface area contributed by atoms with E-state index >= 15 is 0 Å². The number of hydrogen-bond donors (Lipinski definition) is 1. The van der Waals surface area contributed by atoms with Gasteiger partial charge in [-0.05, 0) is 46.8 Å². The van der Waals surface area contributed by atoms with Crippen molar-refractivity contribution in [2.45, 2.75) is 12.8 Å². The fourth-order valence-electron chi connectivity index (χ4n) is 1.30. The third kappa shape index (κ3) is 2.62. The zero-order valence-corrected chi connectivity index (χ0v) is 10.8. The van der Waals surface area contributed by atoms with E-state index in [0.717, 1.165) is 12.8 Å². The lowest BCUT2D eigenvalue weighted by Crippen LogP contribution is -2.15. The fourth-order valence-corrected chi connectivity index (χ4v) is 1.68. The number of carbonyl (C=O) groups is 1. The molecule has 1 aliphatic rings. The number of nitrogens with zero attached hydrogens (tertiary/aromatic N) is 1. The quantitative estimate of drug-likeness (QED) is 0.687. The minimum absolute atomic E-state index is 0.173. The predicted molar refractivity (Wildman–Crippen MR) is 67.4 cm³/mol. The molecule has 0 unspecified atom stereocenters. The van der Waals surface area contributed by atoms with Gasteiger partial charge in [0.25, 0.3) is 5.91 Å². The summed E-state index contributed by atoms with van der Waals surface area (Å²) in [5.74, 6) is 0.624. The molecule has 16 heavy (non-hydrogen) atoms. The van der Waals surface area contributed by atoms with E-state index in [1.165, 1.54) is 0 Å². The van der Waals surface area contributed by atoms with Crippen molar-refractivity contribution in [3.63, 3.8) is 0 Å². The first-order chi connectivity index (χ1) is 7.58. The van der Waals surface area contributed by atoms with Crippen LogP contribution in [0, 0.1) is 5.92 Å². The minimum atomic E-state index is -0.173. The van der Waals surface area contributed by atoms with E-state index in [-0.39, 0.29) is 5.91 Å². The summed E-state index contributed by atoms with van der Waals surface area (Å²) in [6.07, 6.45) is 2.11. The molecule has 1 fully saturated rings. The van der Waals surface area contributed by atoms with Crippen LogP contribution in [0.5, 0.6) is 0 Å². The highest BCUT2D eigenvalue weighted by Crippen LogP contribution is 2.35. The first-order valence-electron chi connectivity index (χ1n) is 4.90. The van der Waals surface area contributed by atoms with E-state index in [9.17, 15) is 4.79 Å². The largest absolute Gasteiger partial charge is 0.307 e. The molecule has 0 bridgehead atoms. The topological polar surface area (TPSA) is 42.0 Å². The Morgan fingerprint density at radius 1 is 1.56 bits per heavy atom. The summed E-state index contributed by atoms with van der Waals surface area (Å²) in [5.41, 5.74) is 0.626. The molecule has 1 N–H and O–H groups in total. The molecular weight excluding hydrogens is 291 g/mol. The van der Waals surface area contributed by atoms with E-state index in [2.05, 4.69) is 32.8 Å². The van der Waals surface area contributed by atoms with Gasteiger partial charge in [-0.2, -0.15) is 0 Å². The van der Waals surface area contributed by atoms with Crippen LogP contribution >= 0.6 is 27.5 Å². The summed E-state index contributed by atoms with van der Waals surface area (Å²) >= 11 is 9.05. The average molecular weight is 302 g/mol. The number of anilines is 1. The summed E-state index contributed by atoms with van der Waals surface area (Å²) in [4.78, 5) is 15.7. The Hall–Kier alpha value is -0.870. The van der Waals surface area contributed by atoms with Crippen LogP contribution in [0.1, 0.15) is 12.8 Å². The lowest BCUT2D eigenvalue weighted by atomic mass is 10.2. The maximum Gasteiger partial charge on any atom is 0.252 e. The van der Waals surface area contributed by atoms with Gasteiger partial charge in [0.1, 0.15) is 11.0 Å². The molecule has 2 rings (SSSR count). The highest BCUT2D eigenvalue weighted by atomic mass is 79.9. The molecule has 0 spiro atoms. The standard InChI is InChI=1S/C11H10BrClN2O/c1-6(7-2-3-7)11(16)15-9-5-4-8(12)10(13)14-9/h4-5,7H,1-3H2,(H,14,15,16). The van der Waals surface area contributed by atoms with Crippen molar-refractivity contribution in [2.24, 2.45) is 5.92 Å². The van der Waals surface area contributed by atoms with Crippen LogP contribution < -0.4 is 5.32 Å². The molecule has 1 heterocycles. The van der Waals surface area contributed by atoms with Gasteiger partial charge in [0.05, 0.1) is 4.47 Å². The molecule has 0 saturated heterocycles. The Kier molecular flexibility index (Phi) is 3.30. The first-order valence-corrected chi connectivity index (χ1v) is 6.07. The van der Waals surface area contributed by atoms with Crippen molar-refractivity contribution in [3.05, 3.63) is 33.9 Å². The molecule has 3 nitrogen and oxygen atoms in total. The molecular formula is C11H10BrClN2O. The van der Waals surface area contributed by atoms with Gasteiger partial charge in [0.15, 0.2) is 0 Å². The third-order valence-corrected chi connectivity index (χ3v) is 3.56. The zero-order valence-electron chi connectivity index (χ0n) is 8.46. The Bertz CT molecular complexity index is 457. The summed E-state index contributed by atoms with van der Waals surface area (Å²) in [6.45, 7) is 3.77. The van der Waals surface area contributed by atoms with E-state index in [4.69, 9.17) is 11.6 Å². The first kappa shape index (κ1) is 11.6. The van der Waals surface area contributed by atoms with Crippen molar-refractivity contribution in [2.75, 3.05) is 5.32 Å². The number of pyridine rings is 1. The Morgan fingerprint density at radius 3 is 2.81 bits per heavy atom. The fraction of sp³-hybridized carbons (Fsp3) is 0.273. The summed E-state index contributed by atoms with van der Waals surface area (Å²) < 4.78 is 0.702. The number of halogens is 2. The molecule has 1 aromatic heterocycles. The molecule has 1 amide bonds. The Balaban J connectivity index is 2.05. The lowest BCUT2D eigenvalue weighted by molar-refractivity contribution is -0.113. The lowest BCUT2D eigenvalue weighted by Gasteiger charge is -2.06. The number of aromatic nitrogens is 1. The van der Waals surface area contributed by atoms with Crippen LogP contribution in [0.15, 0.2) is 28.8 Å². The van der Waals surface area contributed by atoms with Crippen LogP contribution in [-0.4, -0.2) is 10.9 Å². The van der Waals surface area contributed by atoms with Gasteiger partial charge in [0, 0.05) is 5.57 Å². The zero-order chi connectivity index (χ0) is 11.7. The van der Waals surface area contributed by atoms with Gasteiger partial charge in [0.2, 0.25) is 0 Å². The number of carbonyl (C=O) groups excluding carboxylic acids is 1. The highest BCUT2D eigenvalue weighted by Gasteiger charge is 2.28. The molecule has 84 valence electrons. The summed E-state index contributed by atoms with van der Waals surface area (Å²) in [6, 6.07) is 3.43. The van der Waals surface area contributed by atoms with Crippen LogP contribution in [0.25, 0.3) is 0 Å². The molecule has 0 radical (unpaired) electrons.